The first-order valence-electron chi connectivity index (χ1n) is 32.0. The van der Waals surface area contributed by atoms with Crippen molar-refractivity contribution >= 4 is 70.1 Å². The fourth-order valence-corrected chi connectivity index (χ4v) is 19.5. The summed E-state index contributed by atoms with van der Waals surface area (Å²) in [5, 5.41) is 13.5. The molecule has 5 aliphatic rings. The average molecular weight is 1490 g/mol. The van der Waals surface area contributed by atoms with Gasteiger partial charge in [-0.15, -0.1) is 0 Å². The molecule has 1 saturated heterocycles. The van der Waals surface area contributed by atoms with Crippen molar-refractivity contribution in [3.8, 4) is 23.0 Å². The Labute approximate surface area is 580 Å². The van der Waals surface area contributed by atoms with Crippen LogP contribution < -0.4 is 55.0 Å². The summed E-state index contributed by atoms with van der Waals surface area (Å²) in [4.78, 5) is 108. The van der Waals surface area contributed by atoms with E-state index in [0.29, 0.717) is 37.9 Å². The largest absolute Gasteiger partial charge is 0.778 e. The summed E-state index contributed by atoms with van der Waals surface area (Å²) in [6.07, 6.45) is 6.31. The molecule has 1 spiro atoms. The van der Waals surface area contributed by atoms with Gasteiger partial charge in [0.25, 0.3) is 21.2 Å². The van der Waals surface area contributed by atoms with Crippen molar-refractivity contribution in [2.24, 2.45) is 0 Å². The molecule has 8 atom stereocenters. The summed E-state index contributed by atoms with van der Waals surface area (Å²) in [7, 11) is -30.2. The van der Waals surface area contributed by atoms with E-state index in [1.807, 2.05) is 57.0 Å². The molecule has 1 amide bonds. The van der Waals surface area contributed by atoms with E-state index in [0.717, 1.165) is 56.8 Å². The van der Waals surface area contributed by atoms with Crippen molar-refractivity contribution in [3.05, 3.63) is 204 Å². The lowest BCUT2D eigenvalue weighted by atomic mass is 9.77. The smallest absolute Gasteiger partial charge is 0.340 e. The van der Waals surface area contributed by atoms with Gasteiger partial charge in [0.1, 0.15) is 53.5 Å². The van der Waals surface area contributed by atoms with Crippen LogP contribution in [0.4, 0.5) is 11.4 Å². The number of ether oxygens (including phenoxy) is 4. The molecule has 29 nitrogen and oxygen atoms in total. The third kappa shape index (κ3) is 15.2. The number of aromatic amines is 1. The number of carbonyl (C=O) groups excluding carboxylic acids is 2. The molecule has 1 aromatic heterocycles. The van der Waals surface area contributed by atoms with Crippen LogP contribution in [-0.2, 0) is 78.6 Å². The van der Waals surface area contributed by atoms with Gasteiger partial charge < -0.3 is 67.5 Å². The van der Waals surface area contributed by atoms with Crippen LogP contribution in [0.5, 0.6) is 23.0 Å². The number of carbonyl (C=O) groups is 2. The Balaban J connectivity index is 0.762. The first kappa shape index (κ1) is 74.5. The van der Waals surface area contributed by atoms with Crippen LogP contribution in [0.15, 0.2) is 148 Å². The van der Waals surface area contributed by atoms with Gasteiger partial charge in [0.05, 0.1) is 46.8 Å². The third-order valence-electron chi connectivity index (χ3n) is 18.1. The number of nitrogens with one attached hydrogen (secondary N) is 2. The first-order valence-corrected chi connectivity index (χ1v) is 39.5. The standard InChI is InChI=1S/C67H75N5O24P4S/c1-9-70-51-30-26-43(101(86,87)88)35-50(51)66(7,8)57(70)21-13-11-14-22-58-65(5,6)49-33-40(3)24-29-52(49)71(58)32-18-12-15-23-59(74)68-37-45-54(89-10-2)31-28-48-61(45)91-55-34-42(25-27-47(55)67(48)46-20-17-16-19-44(46)63(76)92-67)93-98(80,81)95-100(84,85)96-99(82,83)94-97(78,79)39-56-53(73)36-60(90-56)72-38-41(4)62(75)69-64(72)77/h11,13-14,16-17,19-22,24-31,33-35,38,53,56,60,73H,9-10,12,15,18,23,32,36-37,39H2,1-8H3,(H6-,68,69,74,75,77,78,79,80,81,82,83,84,85,86,87,88)/p-4/t53-,56?,60?,67?/m0/s1. The first-order chi connectivity index (χ1) is 47.4. The number of rotatable bonds is 26. The number of allylic oxidation sites excluding steroid dienone is 6. The van der Waals surface area contributed by atoms with Crippen molar-refractivity contribution in [3.63, 3.8) is 0 Å². The van der Waals surface area contributed by atoms with E-state index in [9.17, 15) is 75.1 Å². The number of H-pyrrole nitrogens is 1. The number of benzene rings is 5. The van der Waals surface area contributed by atoms with E-state index < -0.39 is 106 Å². The summed E-state index contributed by atoms with van der Waals surface area (Å²) < 4.78 is 132. The fourth-order valence-electron chi connectivity index (χ4n) is 13.5. The van der Waals surface area contributed by atoms with Crippen LogP contribution in [0, 0.1) is 13.8 Å². The molecule has 101 heavy (non-hydrogen) atoms. The minimum absolute atomic E-state index is 0.00112. The second kappa shape index (κ2) is 28.1. The van der Waals surface area contributed by atoms with Crippen LogP contribution in [0.25, 0.3) is 0 Å². The Morgan fingerprint density at radius 3 is 2.27 bits per heavy atom. The number of aliphatic hydroxyl groups excluding tert-OH is 1. The van der Waals surface area contributed by atoms with Crippen molar-refractivity contribution in [2.45, 2.75) is 134 Å². The Morgan fingerprint density at radius 1 is 0.812 bits per heavy atom. The van der Waals surface area contributed by atoms with E-state index in [1.165, 1.54) is 36.8 Å². The molecule has 3 N–H and O–H groups in total. The zero-order chi connectivity index (χ0) is 73.2. The fraction of sp³-hybridized carbons (Fsp3) is 0.358. The summed E-state index contributed by atoms with van der Waals surface area (Å²) in [5.74, 6) is -1.81. The molecule has 0 aliphatic carbocycles. The van der Waals surface area contributed by atoms with Crippen LogP contribution in [0.3, 0.4) is 0 Å². The number of fused-ring (bicyclic) bond motifs is 8. The number of aromatic nitrogens is 2. The third-order valence-corrected chi connectivity index (χ3v) is 25.2. The van der Waals surface area contributed by atoms with Gasteiger partial charge in [-0.25, -0.2) is 26.6 Å². The highest BCUT2D eigenvalue weighted by molar-refractivity contribution is 7.85. The molecule has 5 aromatic carbocycles. The number of aliphatic hydroxyl groups is 1. The molecule has 11 rings (SSSR count). The van der Waals surface area contributed by atoms with E-state index in [2.05, 4.69) is 65.8 Å². The maximum absolute atomic E-state index is 13.9. The summed E-state index contributed by atoms with van der Waals surface area (Å²) in [6, 6.07) is 23.7. The number of anilines is 1. The highest BCUT2D eigenvalue weighted by atomic mass is 32.2. The Hall–Kier alpha value is -7.72. The number of esters is 1. The lowest BCUT2D eigenvalue weighted by molar-refractivity contribution is -0.438. The highest BCUT2D eigenvalue weighted by Crippen LogP contribution is 2.67. The van der Waals surface area contributed by atoms with Crippen molar-refractivity contribution in [2.75, 3.05) is 30.8 Å². The second-order valence-electron chi connectivity index (χ2n) is 25.7. The SMILES string of the molecule is CCOc1ccc2c(c1CNC(=O)CCCCC[N+]1=C(/C=C/C=C/C=C3/N(CC)c4ccc(S(=O)(=O)[O-])cc4C3(C)C)C(C)(C)c3cc(C)ccc31)Oc1cc(OP(=O)([O-])OP(=O)([O-])OP(=O)([O-])OP(=O)([O-])CC3OC(n4cc(C)c(=O)[nH]c4=O)C[C@@H]3O)ccc1C21OC(=O)c2ccccc21. The predicted octanol–water partition coefficient (Wildman–Crippen LogP) is 7.83. The zero-order valence-corrected chi connectivity index (χ0v) is 60.2. The normalized spacial score (nSPS) is 22.2. The molecular formula is C67H71N5O24P4S-4. The molecule has 0 bridgehead atoms. The number of aryl methyl sites for hydroxylation is 2. The minimum Gasteiger partial charge on any atom is -0.778 e. The predicted molar refractivity (Wildman–Crippen MR) is 357 cm³/mol. The number of phosphoric ester groups is 1. The van der Waals surface area contributed by atoms with E-state index in [4.69, 9.17) is 23.5 Å². The summed E-state index contributed by atoms with van der Waals surface area (Å²) in [6.45, 7) is 16.6. The maximum Gasteiger partial charge on any atom is 0.340 e. The molecule has 34 heteroatoms. The topological polar surface area (TPSA) is 419 Å². The number of unbranched alkanes of at least 4 members (excludes halogenated alkanes) is 2. The number of hydrogen-bond acceptors (Lipinski definition) is 25. The highest BCUT2D eigenvalue weighted by Gasteiger charge is 2.55. The Kier molecular flexibility index (Phi) is 20.8. The maximum atomic E-state index is 13.9. The number of amides is 1. The molecule has 1 fully saturated rings. The molecule has 0 saturated carbocycles. The monoisotopic (exact) mass is 1490 g/mol. The lowest BCUT2D eigenvalue weighted by Gasteiger charge is -2.38. The molecule has 538 valence electrons. The lowest BCUT2D eigenvalue weighted by Crippen LogP contribution is -2.34. The van der Waals surface area contributed by atoms with Crippen LogP contribution in [-0.4, -0.2) is 87.9 Å². The zero-order valence-electron chi connectivity index (χ0n) is 55.8. The number of likely N-dealkylation sites (N-methyl/N-ethyl adjacent to an activating group) is 1. The van der Waals surface area contributed by atoms with E-state index in [1.54, 1.807) is 43.3 Å². The van der Waals surface area contributed by atoms with Crippen LogP contribution in [0.2, 0.25) is 0 Å². The average Bonchev–Trinajstić information content (AvgIpc) is 1.64. The number of hydrogen-bond donors (Lipinski definition) is 3. The van der Waals surface area contributed by atoms with Gasteiger partial charge in [-0.3, -0.25) is 37.1 Å². The number of nitrogens with zero attached hydrogens (tertiary/aromatic N) is 3. The Morgan fingerprint density at radius 2 is 1.53 bits per heavy atom. The summed E-state index contributed by atoms with van der Waals surface area (Å²) in [5.41, 5.74) is 3.61. The van der Waals surface area contributed by atoms with Crippen molar-refractivity contribution < 1.29 is 106 Å². The van der Waals surface area contributed by atoms with Gasteiger partial charge in [0.15, 0.2) is 11.3 Å². The second-order valence-corrected chi connectivity index (χ2v) is 33.5. The van der Waals surface area contributed by atoms with Gasteiger partial charge in [0.2, 0.25) is 11.6 Å². The van der Waals surface area contributed by atoms with Gasteiger partial charge in [-0.05, 0) is 121 Å². The van der Waals surface area contributed by atoms with Gasteiger partial charge in [0, 0.05) is 101 Å². The molecule has 5 aliphatic heterocycles. The molecule has 6 aromatic rings. The molecule has 7 unspecified atom stereocenters. The van der Waals surface area contributed by atoms with Gasteiger partial charge in [-0.2, -0.15) is 4.58 Å². The molecule has 6 heterocycles. The van der Waals surface area contributed by atoms with E-state index in [-0.39, 0.29) is 80.9 Å². The van der Waals surface area contributed by atoms with Crippen LogP contribution >= 0.6 is 31.1 Å². The quantitative estimate of drug-likeness (QED) is 0.0116. The van der Waals surface area contributed by atoms with Crippen LogP contribution in [0.1, 0.15) is 135 Å². The molecule has 0 radical (unpaired) electrons. The van der Waals surface area contributed by atoms with Gasteiger partial charge >= 0.3 is 19.5 Å². The molecular weight excluding hydrogens is 1410 g/mol. The minimum atomic E-state index is -6.71. The van der Waals surface area contributed by atoms with Crippen molar-refractivity contribution in [1.29, 1.82) is 0 Å². The van der Waals surface area contributed by atoms with Gasteiger partial charge in [-0.1, -0.05) is 61.9 Å². The Bertz CT molecular complexity index is 4950. The van der Waals surface area contributed by atoms with E-state index >= 15 is 0 Å². The number of phosphoric acid groups is 3. The van der Waals surface area contributed by atoms with Crippen molar-refractivity contribution in [1.82, 2.24) is 14.9 Å². The summed E-state index contributed by atoms with van der Waals surface area (Å²) >= 11 is 0.